The Labute approximate surface area is 261 Å². The minimum atomic E-state index is -4.26. The van der Waals surface area contributed by atoms with E-state index in [9.17, 15) is 13.2 Å². The molecule has 2 aromatic heterocycles. The van der Waals surface area contributed by atoms with Gasteiger partial charge in [-0.2, -0.15) is 0 Å². The Morgan fingerprint density at radius 3 is 2.35 bits per heavy atom. The summed E-state index contributed by atoms with van der Waals surface area (Å²) >= 11 is 12.2. The van der Waals surface area contributed by atoms with Gasteiger partial charge in [0.15, 0.2) is 11.6 Å². The average Bonchev–Trinajstić information content (AvgIpc) is 3.38. The SMILES string of the molecule is CN(c1ccc(-n2ccc3cc(N(CC(=O)OC(C)(C)C)S(=O)(=O)c4cc(Cl)cc(Cl)c4)ccc32)nn1)C1CCOCC1. The van der Waals surface area contributed by atoms with Crippen molar-refractivity contribution < 1.29 is 22.7 Å². The maximum Gasteiger partial charge on any atom is 0.327 e. The molecule has 1 saturated heterocycles. The summed E-state index contributed by atoms with van der Waals surface area (Å²) in [7, 11) is -2.25. The lowest BCUT2D eigenvalue weighted by Gasteiger charge is -2.31. The minimum Gasteiger partial charge on any atom is -0.459 e. The first-order valence-electron chi connectivity index (χ1n) is 13.8. The Hall–Kier alpha value is -3.38. The lowest BCUT2D eigenvalue weighted by molar-refractivity contribution is -0.152. The van der Waals surface area contributed by atoms with Gasteiger partial charge in [0.05, 0.1) is 16.1 Å². The molecule has 0 atom stereocenters. The third-order valence-electron chi connectivity index (χ3n) is 7.06. The molecule has 43 heavy (non-hydrogen) atoms. The summed E-state index contributed by atoms with van der Waals surface area (Å²) in [6.45, 7) is 6.07. The van der Waals surface area contributed by atoms with E-state index in [1.165, 1.54) is 18.2 Å². The lowest BCUT2D eigenvalue weighted by atomic mass is 10.1. The van der Waals surface area contributed by atoms with Gasteiger partial charge >= 0.3 is 5.97 Å². The molecule has 0 spiro atoms. The molecule has 3 heterocycles. The normalized spacial score (nSPS) is 14.6. The van der Waals surface area contributed by atoms with Gasteiger partial charge in [0.1, 0.15) is 12.1 Å². The van der Waals surface area contributed by atoms with E-state index in [2.05, 4.69) is 15.1 Å². The first-order chi connectivity index (χ1) is 20.3. The molecule has 0 bridgehead atoms. The summed E-state index contributed by atoms with van der Waals surface area (Å²) in [6, 6.07) is 15.2. The van der Waals surface area contributed by atoms with Gasteiger partial charge in [0, 0.05) is 47.9 Å². The van der Waals surface area contributed by atoms with Crippen LogP contribution in [0.3, 0.4) is 0 Å². The van der Waals surface area contributed by atoms with E-state index in [4.69, 9.17) is 32.7 Å². The van der Waals surface area contributed by atoms with Gasteiger partial charge in [0.25, 0.3) is 10.0 Å². The minimum absolute atomic E-state index is 0.146. The molecule has 13 heteroatoms. The zero-order chi connectivity index (χ0) is 30.9. The molecule has 1 aliphatic rings. The second-order valence-electron chi connectivity index (χ2n) is 11.3. The van der Waals surface area contributed by atoms with Gasteiger partial charge in [-0.1, -0.05) is 23.2 Å². The van der Waals surface area contributed by atoms with Crippen LogP contribution in [0.15, 0.2) is 65.7 Å². The van der Waals surface area contributed by atoms with E-state index in [1.54, 1.807) is 39.0 Å². The predicted octanol–water partition coefficient (Wildman–Crippen LogP) is 5.88. The van der Waals surface area contributed by atoms with Gasteiger partial charge in [-0.05, 0) is 88.2 Å². The Balaban J connectivity index is 1.47. The van der Waals surface area contributed by atoms with Crippen molar-refractivity contribution in [2.75, 3.05) is 36.0 Å². The van der Waals surface area contributed by atoms with E-state index >= 15 is 0 Å². The van der Waals surface area contributed by atoms with Crippen LogP contribution in [0.5, 0.6) is 0 Å². The number of anilines is 2. The third-order valence-corrected chi connectivity index (χ3v) is 9.25. The van der Waals surface area contributed by atoms with Crippen molar-refractivity contribution >= 4 is 61.6 Å². The van der Waals surface area contributed by atoms with Crippen molar-refractivity contribution in [1.82, 2.24) is 14.8 Å². The van der Waals surface area contributed by atoms with Crippen LogP contribution >= 0.6 is 23.2 Å². The maximum absolute atomic E-state index is 13.9. The van der Waals surface area contributed by atoms with E-state index in [1.807, 2.05) is 36.0 Å². The fourth-order valence-electron chi connectivity index (χ4n) is 4.99. The molecule has 5 rings (SSSR count). The van der Waals surface area contributed by atoms with Gasteiger partial charge < -0.3 is 14.4 Å². The van der Waals surface area contributed by atoms with Crippen LogP contribution < -0.4 is 9.21 Å². The van der Waals surface area contributed by atoms with Crippen LogP contribution in [-0.2, 0) is 24.3 Å². The van der Waals surface area contributed by atoms with Crippen LogP contribution in [0.2, 0.25) is 10.0 Å². The van der Waals surface area contributed by atoms with Crippen LogP contribution in [0, 0.1) is 0 Å². The molecular weight excluding hydrogens is 613 g/mol. The van der Waals surface area contributed by atoms with E-state index in [0.29, 0.717) is 11.9 Å². The summed E-state index contributed by atoms with van der Waals surface area (Å²) in [4.78, 5) is 14.9. The largest absolute Gasteiger partial charge is 0.459 e. The zero-order valence-corrected chi connectivity index (χ0v) is 26.7. The summed E-state index contributed by atoms with van der Waals surface area (Å²) in [5, 5.41) is 9.96. The van der Waals surface area contributed by atoms with Crippen molar-refractivity contribution in [3.8, 4) is 5.82 Å². The first kappa shape index (κ1) is 31.1. The Morgan fingerprint density at radius 2 is 1.72 bits per heavy atom. The van der Waals surface area contributed by atoms with E-state index < -0.39 is 28.1 Å². The van der Waals surface area contributed by atoms with Crippen LogP contribution in [0.25, 0.3) is 16.7 Å². The number of sulfonamides is 1. The van der Waals surface area contributed by atoms with Crippen molar-refractivity contribution in [2.45, 2.75) is 50.2 Å². The molecule has 10 nitrogen and oxygen atoms in total. The quantitative estimate of drug-likeness (QED) is 0.219. The standard InChI is InChI=1S/C30H33Cl2N5O5S/c1-30(2,3)42-29(38)19-37(43(39,40)25-17-21(31)16-22(32)18-25)24-5-6-26-20(15-24)9-12-36(26)28-8-7-27(33-34-28)35(4)23-10-13-41-14-11-23/h5-9,12,15-18,23H,10-11,13-14,19H2,1-4H3. The second kappa shape index (κ2) is 12.3. The molecule has 0 saturated carbocycles. The van der Waals surface area contributed by atoms with Crippen LogP contribution in [0.4, 0.5) is 11.5 Å². The number of ether oxygens (including phenoxy) is 2. The number of carbonyl (C=O) groups is 1. The Bertz CT molecular complexity index is 1710. The average molecular weight is 647 g/mol. The molecule has 2 aromatic carbocycles. The van der Waals surface area contributed by atoms with Crippen molar-refractivity contribution in [3.63, 3.8) is 0 Å². The van der Waals surface area contributed by atoms with Crippen molar-refractivity contribution in [2.24, 2.45) is 0 Å². The molecule has 0 radical (unpaired) electrons. The molecule has 0 N–H and O–H groups in total. The summed E-state index contributed by atoms with van der Waals surface area (Å²) in [6.07, 6.45) is 3.72. The number of hydrogen-bond acceptors (Lipinski definition) is 8. The number of aromatic nitrogens is 3. The molecular formula is C30H33Cl2N5O5S. The van der Waals surface area contributed by atoms with E-state index in [-0.39, 0.29) is 20.6 Å². The molecule has 1 aliphatic heterocycles. The van der Waals surface area contributed by atoms with Gasteiger partial charge in [0.2, 0.25) is 0 Å². The molecule has 0 unspecified atom stereocenters. The van der Waals surface area contributed by atoms with Gasteiger partial charge in [-0.3, -0.25) is 13.7 Å². The van der Waals surface area contributed by atoms with Gasteiger partial charge in [-0.25, -0.2) is 8.42 Å². The predicted molar refractivity (Wildman–Crippen MR) is 168 cm³/mol. The van der Waals surface area contributed by atoms with Crippen LogP contribution in [0.1, 0.15) is 33.6 Å². The monoisotopic (exact) mass is 645 g/mol. The number of nitrogens with zero attached hydrogens (tertiary/aromatic N) is 5. The number of carbonyl (C=O) groups excluding carboxylic acids is 1. The smallest absolute Gasteiger partial charge is 0.327 e. The highest BCUT2D eigenvalue weighted by atomic mass is 35.5. The maximum atomic E-state index is 13.9. The molecule has 4 aromatic rings. The molecule has 0 amide bonds. The molecule has 0 aliphatic carbocycles. The number of fused-ring (bicyclic) bond motifs is 1. The zero-order valence-electron chi connectivity index (χ0n) is 24.3. The number of halogens is 2. The lowest BCUT2D eigenvalue weighted by Crippen LogP contribution is -2.39. The third kappa shape index (κ3) is 7.06. The second-order valence-corrected chi connectivity index (χ2v) is 14.1. The summed E-state index contributed by atoms with van der Waals surface area (Å²) in [5.74, 6) is 0.681. The highest BCUT2D eigenvalue weighted by molar-refractivity contribution is 7.92. The number of esters is 1. The highest BCUT2D eigenvalue weighted by Gasteiger charge is 2.30. The number of benzene rings is 2. The Morgan fingerprint density at radius 1 is 1.02 bits per heavy atom. The van der Waals surface area contributed by atoms with E-state index in [0.717, 1.165) is 47.1 Å². The topological polar surface area (TPSA) is 107 Å². The highest BCUT2D eigenvalue weighted by Crippen LogP contribution is 2.31. The summed E-state index contributed by atoms with van der Waals surface area (Å²) < 4.78 is 41.5. The molecule has 1 fully saturated rings. The number of hydrogen-bond donors (Lipinski definition) is 0. The van der Waals surface area contributed by atoms with Crippen molar-refractivity contribution in [3.05, 3.63) is 70.8 Å². The first-order valence-corrected chi connectivity index (χ1v) is 16.0. The Kier molecular flexibility index (Phi) is 8.89. The fourth-order valence-corrected chi connectivity index (χ4v) is 7.12. The van der Waals surface area contributed by atoms with Crippen LogP contribution in [-0.4, -0.2) is 67.6 Å². The summed E-state index contributed by atoms with van der Waals surface area (Å²) in [5.41, 5.74) is 0.249. The molecule has 228 valence electrons. The van der Waals surface area contributed by atoms with Gasteiger partial charge in [-0.15, -0.1) is 10.2 Å². The number of rotatable bonds is 8. The van der Waals surface area contributed by atoms with Crippen molar-refractivity contribution in [1.29, 1.82) is 0 Å². The fraction of sp³-hybridized carbons (Fsp3) is 0.367.